The van der Waals surface area contributed by atoms with Gasteiger partial charge in [0.25, 0.3) is 0 Å². The van der Waals surface area contributed by atoms with Crippen LogP contribution in [-0.2, 0) is 0 Å². The van der Waals surface area contributed by atoms with Crippen LogP contribution in [0.3, 0.4) is 0 Å². The van der Waals surface area contributed by atoms with E-state index >= 15 is 0 Å². The Morgan fingerprint density at radius 3 is 2.33 bits per heavy atom. The second kappa shape index (κ2) is 6.25. The number of nitrogens with one attached hydrogen (secondary N) is 1. The van der Waals surface area contributed by atoms with Crippen LogP contribution >= 0.6 is 0 Å². The van der Waals surface area contributed by atoms with E-state index in [0.29, 0.717) is 0 Å². The molecule has 1 fully saturated rings. The molecule has 100 valence electrons. The first-order valence-electron chi connectivity index (χ1n) is 6.53. The average Bonchev–Trinajstić information content (AvgIpc) is 2.38. The largest absolute Gasteiger partial charge is 0.394 e. The van der Waals surface area contributed by atoms with Crippen molar-refractivity contribution in [2.24, 2.45) is 0 Å². The third kappa shape index (κ3) is 3.06. The molecule has 0 saturated heterocycles. The molecule has 0 amide bonds. The van der Waals surface area contributed by atoms with E-state index in [1.807, 2.05) is 0 Å². The predicted molar refractivity (Wildman–Crippen MR) is 66.2 cm³/mol. The molecule has 1 unspecified atom stereocenters. The maximum absolute atomic E-state index is 13.7. The van der Waals surface area contributed by atoms with Gasteiger partial charge in [0.05, 0.1) is 12.6 Å². The van der Waals surface area contributed by atoms with E-state index in [4.69, 9.17) is 0 Å². The summed E-state index contributed by atoms with van der Waals surface area (Å²) < 4.78 is 27.3. The zero-order chi connectivity index (χ0) is 13.0. The summed E-state index contributed by atoms with van der Waals surface area (Å²) in [6, 6.07) is 3.38. The van der Waals surface area contributed by atoms with Crippen LogP contribution in [0, 0.1) is 11.6 Å². The molecule has 1 aliphatic carbocycles. The summed E-state index contributed by atoms with van der Waals surface area (Å²) in [5.74, 6) is -1.20. The lowest BCUT2D eigenvalue weighted by Gasteiger charge is -2.28. The number of halogens is 2. The molecule has 1 saturated carbocycles. The van der Waals surface area contributed by atoms with Crippen molar-refractivity contribution in [3.8, 4) is 0 Å². The van der Waals surface area contributed by atoms with Crippen molar-refractivity contribution in [3.63, 3.8) is 0 Å². The lowest BCUT2D eigenvalue weighted by Crippen LogP contribution is -2.37. The molecule has 0 spiro atoms. The minimum atomic E-state index is -0.658. The van der Waals surface area contributed by atoms with Crippen LogP contribution in [0.1, 0.15) is 43.7 Å². The minimum Gasteiger partial charge on any atom is -0.394 e. The fourth-order valence-electron chi connectivity index (χ4n) is 2.62. The Labute approximate surface area is 106 Å². The van der Waals surface area contributed by atoms with Crippen molar-refractivity contribution >= 4 is 0 Å². The zero-order valence-electron chi connectivity index (χ0n) is 10.3. The number of aliphatic hydroxyl groups excluding tert-OH is 1. The molecule has 0 aliphatic heterocycles. The van der Waals surface area contributed by atoms with Crippen LogP contribution in [0.15, 0.2) is 18.2 Å². The molecule has 0 bridgehead atoms. The lowest BCUT2D eigenvalue weighted by atomic mass is 9.94. The fourth-order valence-corrected chi connectivity index (χ4v) is 2.62. The topological polar surface area (TPSA) is 32.3 Å². The summed E-state index contributed by atoms with van der Waals surface area (Å²) in [5, 5.41) is 12.5. The summed E-state index contributed by atoms with van der Waals surface area (Å²) >= 11 is 0. The minimum absolute atomic E-state index is 0.0504. The van der Waals surface area contributed by atoms with Crippen LogP contribution in [0.4, 0.5) is 8.78 Å². The van der Waals surface area contributed by atoms with E-state index in [2.05, 4.69) is 5.32 Å². The molecule has 1 atom stereocenters. The van der Waals surface area contributed by atoms with Gasteiger partial charge in [-0.1, -0.05) is 25.3 Å². The highest BCUT2D eigenvalue weighted by molar-refractivity contribution is 5.23. The monoisotopic (exact) mass is 255 g/mol. The van der Waals surface area contributed by atoms with Crippen molar-refractivity contribution in [2.75, 3.05) is 6.61 Å². The Hall–Kier alpha value is -1.00. The van der Waals surface area contributed by atoms with Gasteiger partial charge in [0.1, 0.15) is 11.6 Å². The summed E-state index contributed by atoms with van der Waals surface area (Å²) in [5.41, 5.74) is -0.0504. The normalized spacial score (nSPS) is 18.8. The molecule has 4 heteroatoms. The van der Waals surface area contributed by atoms with E-state index < -0.39 is 17.7 Å². The molecule has 2 nitrogen and oxygen atoms in total. The van der Waals surface area contributed by atoms with Crippen LogP contribution in [0.2, 0.25) is 0 Å². The number of aliphatic hydroxyl groups is 1. The van der Waals surface area contributed by atoms with Gasteiger partial charge in [-0.2, -0.15) is 0 Å². The maximum Gasteiger partial charge on any atom is 0.131 e. The van der Waals surface area contributed by atoms with E-state index in [9.17, 15) is 13.9 Å². The van der Waals surface area contributed by atoms with Gasteiger partial charge in [0.2, 0.25) is 0 Å². The van der Waals surface area contributed by atoms with Gasteiger partial charge in [-0.25, -0.2) is 8.78 Å². The second-order valence-corrected chi connectivity index (χ2v) is 4.87. The van der Waals surface area contributed by atoms with Gasteiger partial charge in [-0.05, 0) is 25.0 Å². The maximum atomic E-state index is 13.7. The van der Waals surface area contributed by atoms with Gasteiger partial charge in [0, 0.05) is 11.6 Å². The van der Waals surface area contributed by atoms with E-state index in [1.165, 1.54) is 24.6 Å². The summed E-state index contributed by atoms with van der Waals surface area (Å²) in [7, 11) is 0. The Kier molecular flexibility index (Phi) is 4.66. The van der Waals surface area contributed by atoms with Gasteiger partial charge in [-0.15, -0.1) is 0 Å². The molecule has 1 aliphatic rings. The summed E-state index contributed by atoms with van der Waals surface area (Å²) in [6.07, 6.45) is 5.50. The molecule has 1 aromatic carbocycles. The Bertz CT molecular complexity index is 371. The van der Waals surface area contributed by atoms with Gasteiger partial charge in [-0.3, -0.25) is 0 Å². The van der Waals surface area contributed by atoms with Crippen LogP contribution in [0.5, 0.6) is 0 Å². The molecule has 18 heavy (non-hydrogen) atoms. The molecule has 2 rings (SSSR count). The Morgan fingerprint density at radius 1 is 1.17 bits per heavy atom. The van der Waals surface area contributed by atoms with Crippen LogP contribution in [0.25, 0.3) is 0 Å². The number of hydrogen-bond donors (Lipinski definition) is 2. The zero-order valence-corrected chi connectivity index (χ0v) is 10.3. The van der Waals surface area contributed by atoms with Crippen molar-refractivity contribution in [1.82, 2.24) is 5.32 Å². The van der Waals surface area contributed by atoms with E-state index in [0.717, 1.165) is 25.7 Å². The quantitative estimate of drug-likeness (QED) is 0.867. The van der Waals surface area contributed by atoms with Gasteiger partial charge in [0.15, 0.2) is 0 Å². The van der Waals surface area contributed by atoms with Crippen LogP contribution < -0.4 is 5.32 Å². The third-order valence-corrected chi connectivity index (χ3v) is 3.57. The van der Waals surface area contributed by atoms with Crippen LogP contribution in [-0.4, -0.2) is 17.8 Å². The van der Waals surface area contributed by atoms with Gasteiger partial charge >= 0.3 is 0 Å². The Morgan fingerprint density at radius 2 is 1.78 bits per heavy atom. The number of hydrogen-bond acceptors (Lipinski definition) is 2. The van der Waals surface area contributed by atoms with E-state index in [1.54, 1.807) is 0 Å². The molecule has 0 heterocycles. The molecule has 0 radical (unpaired) electrons. The highest BCUT2D eigenvalue weighted by atomic mass is 19.1. The third-order valence-electron chi connectivity index (χ3n) is 3.57. The van der Waals surface area contributed by atoms with Gasteiger partial charge < -0.3 is 10.4 Å². The standard InChI is InChI=1S/C14H19F2NO/c15-11-7-4-8-12(16)14(11)13(9-18)17-10-5-2-1-3-6-10/h4,7-8,10,13,17-18H,1-3,5-6,9H2. The molecule has 1 aromatic rings. The van der Waals surface area contributed by atoms with Crippen molar-refractivity contribution in [3.05, 3.63) is 35.4 Å². The molecule has 2 N–H and O–H groups in total. The van der Waals surface area contributed by atoms with Crippen molar-refractivity contribution in [1.29, 1.82) is 0 Å². The number of rotatable bonds is 4. The molecular weight excluding hydrogens is 236 g/mol. The average molecular weight is 255 g/mol. The molecule has 0 aromatic heterocycles. The fraction of sp³-hybridized carbons (Fsp3) is 0.571. The summed E-state index contributed by atoms with van der Waals surface area (Å²) in [4.78, 5) is 0. The smallest absolute Gasteiger partial charge is 0.131 e. The SMILES string of the molecule is OCC(NC1CCCCC1)c1c(F)cccc1F. The van der Waals surface area contributed by atoms with E-state index in [-0.39, 0.29) is 18.2 Å². The first-order chi connectivity index (χ1) is 8.72. The number of benzene rings is 1. The summed E-state index contributed by atoms with van der Waals surface area (Å²) in [6.45, 7) is -0.297. The van der Waals surface area contributed by atoms with Crippen molar-refractivity contribution < 1.29 is 13.9 Å². The Balaban J connectivity index is 2.12. The first-order valence-corrected chi connectivity index (χ1v) is 6.53. The highest BCUT2D eigenvalue weighted by Gasteiger charge is 2.23. The predicted octanol–water partition coefficient (Wildman–Crippen LogP) is 2.92. The first kappa shape index (κ1) is 13.4. The second-order valence-electron chi connectivity index (χ2n) is 4.87. The van der Waals surface area contributed by atoms with Crippen molar-refractivity contribution in [2.45, 2.75) is 44.2 Å². The highest BCUT2D eigenvalue weighted by Crippen LogP contribution is 2.24. The molecular formula is C14H19F2NO. The lowest BCUT2D eigenvalue weighted by molar-refractivity contribution is 0.214.